The number of carbonyl (C=O) groups excluding carboxylic acids is 1. The fourth-order valence-corrected chi connectivity index (χ4v) is 2.82. The van der Waals surface area contributed by atoms with Gasteiger partial charge in [-0.3, -0.25) is 4.79 Å². The van der Waals surface area contributed by atoms with Gasteiger partial charge in [-0.05, 0) is 50.1 Å². The topological polar surface area (TPSA) is 55.1 Å². The molecule has 2 rings (SSSR count). The van der Waals surface area contributed by atoms with E-state index in [1.165, 1.54) is 0 Å². The second kappa shape index (κ2) is 5.73. The molecular formula is C14H19ClN2OS. The van der Waals surface area contributed by atoms with E-state index in [1.807, 2.05) is 25.3 Å². The van der Waals surface area contributed by atoms with E-state index in [2.05, 4.69) is 5.32 Å². The molecule has 1 aliphatic rings. The van der Waals surface area contributed by atoms with Crippen LogP contribution in [0, 0.1) is 5.92 Å². The lowest BCUT2D eigenvalue weighted by Crippen LogP contribution is -2.53. The molecule has 19 heavy (non-hydrogen) atoms. The summed E-state index contributed by atoms with van der Waals surface area (Å²) in [5, 5.41) is 3.53. The van der Waals surface area contributed by atoms with E-state index in [9.17, 15) is 4.79 Å². The summed E-state index contributed by atoms with van der Waals surface area (Å²) in [5.74, 6) is 0.352. The van der Waals surface area contributed by atoms with Gasteiger partial charge in [-0.25, -0.2) is 0 Å². The Labute approximate surface area is 123 Å². The predicted molar refractivity (Wildman–Crippen MR) is 80.9 cm³/mol. The van der Waals surface area contributed by atoms with Crippen molar-refractivity contribution in [3.8, 4) is 0 Å². The smallest absolute Gasteiger partial charge is 0.253 e. The monoisotopic (exact) mass is 298 g/mol. The van der Waals surface area contributed by atoms with E-state index in [0.29, 0.717) is 23.0 Å². The molecule has 1 atom stereocenters. The molecule has 0 saturated heterocycles. The minimum Gasteiger partial charge on any atom is -0.345 e. The number of nitrogens with two attached hydrogens (primary N) is 1. The first-order valence-electron chi connectivity index (χ1n) is 6.36. The fourth-order valence-electron chi connectivity index (χ4n) is 2.17. The molecule has 1 amide bonds. The summed E-state index contributed by atoms with van der Waals surface area (Å²) >= 11 is 7.70. The number of hydrogen-bond donors (Lipinski definition) is 2. The second-order valence-electron chi connectivity index (χ2n) is 5.20. The first-order chi connectivity index (χ1) is 9.00. The average Bonchev–Trinajstić information content (AvgIpc) is 3.23. The highest BCUT2D eigenvalue weighted by atomic mass is 35.5. The van der Waals surface area contributed by atoms with Gasteiger partial charge in [0.15, 0.2) is 0 Å². The van der Waals surface area contributed by atoms with Crippen LogP contribution in [0.1, 0.15) is 30.1 Å². The summed E-state index contributed by atoms with van der Waals surface area (Å²) in [6, 6.07) is 5.50. The maximum absolute atomic E-state index is 12.4. The zero-order valence-electron chi connectivity index (χ0n) is 11.2. The van der Waals surface area contributed by atoms with E-state index in [4.69, 9.17) is 17.3 Å². The van der Waals surface area contributed by atoms with Crippen LogP contribution >= 0.6 is 23.4 Å². The molecule has 0 spiro atoms. The van der Waals surface area contributed by atoms with Gasteiger partial charge in [0.1, 0.15) is 0 Å². The van der Waals surface area contributed by atoms with Crippen LogP contribution in [0.5, 0.6) is 0 Å². The number of rotatable bonds is 5. The van der Waals surface area contributed by atoms with Crippen LogP contribution < -0.4 is 11.1 Å². The third kappa shape index (κ3) is 3.25. The lowest BCUT2D eigenvalue weighted by molar-refractivity contribution is 0.0898. The Kier molecular flexibility index (Phi) is 4.43. The number of nitrogens with one attached hydrogen (secondary N) is 1. The fraction of sp³-hybridized carbons (Fsp3) is 0.500. The van der Waals surface area contributed by atoms with E-state index in [0.717, 1.165) is 17.7 Å². The van der Waals surface area contributed by atoms with Crippen LogP contribution in [0.2, 0.25) is 5.02 Å². The van der Waals surface area contributed by atoms with Crippen molar-refractivity contribution in [2.75, 3.05) is 12.8 Å². The lowest BCUT2D eigenvalue weighted by atomic mass is 9.95. The normalized spacial score (nSPS) is 17.9. The Morgan fingerprint density at radius 3 is 2.79 bits per heavy atom. The number of carbonyl (C=O) groups is 1. The highest BCUT2D eigenvalue weighted by molar-refractivity contribution is 7.98. The molecular weight excluding hydrogens is 280 g/mol. The second-order valence-corrected chi connectivity index (χ2v) is 6.48. The molecule has 3 nitrogen and oxygen atoms in total. The van der Waals surface area contributed by atoms with Crippen molar-refractivity contribution in [1.82, 2.24) is 5.32 Å². The Balaban J connectivity index is 2.19. The Bertz CT molecular complexity index is 490. The summed E-state index contributed by atoms with van der Waals surface area (Å²) in [6.07, 6.45) is 4.23. The van der Waals surface area contributed by atoms with Gasteiger partial charge in [0, 0.05) is 11.4 Å². The minimum atomic E-state index is -0.324. The Hall–Kier alpha value is -0.710. The summed E-state index contributed by atoms with van der Waals surface area (Å²) in [6.45, 7) is 2.46. The Morgan fingerprint density at radius 1 is 1.58 bits per heavy atom. The largest absolute Gasteiger partial charge is 0.345 e. The van der Waals surface area contributed by atoms with E-state index < -0.39 is 0 Å². The van der Waals surface area contributed by atoms with Crippen LogP contribution in [-0.4, -0.2) is 24.2 Å². The lowest BCUT2D eigenvalue weighted by Gasteiger charge is -2.29. The van der Waals surface area contributed by atoms with Crippen LogP contribution in [0.4, 0.5) is 0 Å². The van der Waals surface area contributed by atoms with Crippen molar-refractivity contribution in [3.05, 3.63) is 28.8 Å². The summed E-state index contributed by atoms with van der Waals surface area (Å²) in [4.78, 5) is 13.4. The molecule has 3 N–H and O–H groups in total. The molecule has 0 bridgehead atoms. The number of benzene rings is 1. The van der Waals surface area contributed by atoms with Crippen LogP contribution in [0.15, 0.2) is 23.1 Å². The molecule has 0 heterocycles. The first-order valence-corrected chi connectivity index (χ1v) is 7.96. The van der Waals surface area contributed by atoms with E-state index in [1.54, 1.807) is 17.8 Å². The highest BCUT2D eigenvalue weighted by Crippen LogP contribution is 2.39. The van der Waals surface area contributed by atoms with Gasteiger partial charge in [0.05, 0.1) is 16.1 Å². The SMILES string of the molecule is CSc1ccc(Cl)c(C(=O)NC(C)(CN)C2CC2)c1. The maximum atomic E-state index is 12.4. The number of hydrogen-bond acceptors (Lipinski definition) is 3. The molecule has 1 aliphatic carbocycles. The summed E-state index contributed by atoms with van der Waals surface area (Å²) < 4.78 is 0. The van der Waals surface area contributed by atoms with Crippen molar-refractivity contribution in [3.63, 3.8) is 0 Å². The third-order valence-electron chi connectivity index (χ3n) is 3.72. The van der Waals surface area contributed by atoms with Crippen LogP contribution in [0.25, 0.3) is 0 Å². The van der Waals surface area contributed by atoms with Gasteiger partial charge >= 0.3 is 0 Å². The molecule has 1 saturated carbocycles. The quantitative estimate of drug-likeness (QED) is 0.822. The highest BCUT2D eigenvalue weighted by Gasteiger charge is 2.41. The number of thioether (sulfide) groups is 1. The molecule has 1 fully saturated rings. The van der Waals surface area contributed by atoms with Crippen molar-refractivity contribution in [2.45, 2.75) is 30.2 Å². The van der Waals surface area contributed by atoms with Crippen LogP contribution in [-0.2, 0) is 0 Å². The summed E-state index contributed by atoms with van der Waals surface area (Å²) in [7, 11) is 0. The van der Waals surface area contributed by atoms with Crippen molar-refractivity contribution in [2.24, 2.45) is 11.7 Å². The predicted octanol–water partition coefficient (Wildman–Crippen LogP) is 2.92. The van der Waals surface area contributed by atoms with Gasteiger partial charge < -0.3 is 11.1 Å². The van der Waals surface area contributed by atoms with E-state index >= 15 is 0 Å². The number of amides is 1. The van der Waals surface area contributed by atoms with Crippen molar-refractivity contribution >= 4 is 29.3 Å². The molecule has 1 unspecified atom stereocenters. The molecule has 0 aromatic heterocycles. The molecule has 0 radical (unpaired) electrons. The van der Waals surface area contributed by atoms with Gasteiger partial charge in [0.25, 0.3) is 5.91 Å². The zero-order valence-corrected chi connectivity index (χ0v) is 12.8. The van der Waals surface area contributed by atoms with Crippen molar-refractivity contribution in [1.29, 1.82) is 0 Å². The minimum absolute atomic E-state index is 0.138. The van der Waals surface area contributed by atoms with Gasteiger partial charge in [-0.15, -0.1) is 11.8 Å². The zero-order chi connectivity index (χ0) is 14.0. The van der Waals surface area contributed by atoms with Gasteiger partial charge in [-0.2, -0.15) is 0 Å². The maximum Gasteiger partial charge on any atom is 0.253 e. The standard InChI is InChI=1S/C14H19ClN2OS/c1-14(8-16,9-3-4-9)17-13(18)11-7-10(19-2)5-6-12(11)15/h5-7,9H,3-4,8,16H2,1-2H3,(H,17,18). The van der Waals surface area contributed by atoms with Crippen LogP contribution in [0.3, 0.4) is 0 Å². The molecule has 1 aromatic carbocycles. The molecule has 5 heteroatoms. The number of halogens is 1. The molecule has 0 aliphatic heterocycles. The van der Waals surface area contributed by atoms with E-state index in [-0.39, 0.29) is 11.4 Å². The molecule has 1 aromatic rings. The Morgan fingerprint density at radius 2 is 2.26 bits per heavy atom. The first kappa shape index (κ1) is 14.7. The van der Waals surface area contributed by atoms with Crippen molar-refractivity contribution < 1.29 is 4.79 Å². The third-order valence-corrected chi connectivity index (χ3v) is 4.77. The van der Waals surface area contributed by atoms with Gasteiger partial charge in [-0.1, -0.05) is 11.6 Å². The molecule has 104 valence electrons. The average molecular weight is 299 g/mol. The summed E-state index contributed by atoms with van der Waals surface area (Å²) in [5.41, 5.74) is 6.02. The van der Waals surface area contributed by atoms with Gasteiger partial charge in [0.2, 0.25) is 0 Å².